The van der Waals surface area contributed by atoms with E-state index in [1.165, 1.54) is 5.56 Å². The number of rotatable bonds is 7. The molecule has 60 heavy (non-hydrogen) atoms. The molecule has 2 heterocycles. The molecule has 0 fully saturated rings. The molecule has 2 aromatic heterocycles. The van der Waals surface area contributed by atoms with Crippen LogP contribution in [0.3, 0.4) is 0 Å². The van der Waals surface area contributed by atoms with E-state index in [4.69, 9.17) is 16.0 Å². The van der Waals surface area contributed by atoms with Gasteiger partial charge in [-0.05, 0) is 99.8 Å². The summed E-state index contributed by atoms with van der Waals surface area (Å²) in [4.78, 5) is 9.83. The predicted molar refractivity (Wildman–Crippen MR) is 248 cm³/mol. The standard InChI is InChI=1S/C55H54N3O.Pt/c1-34(2)39-21-24-49(46(32-39)38-19-22-43(23-20-38)54(5,6)7)58-50-18-14-17-45(51(50)57-53(58)47-28-35(3)27-36(4)52(47)59)41-29-42(31-44(30-41)55(8,9)10)48-33-40(25-26-56-48)37-15-12-11-13-16-37;/h11-28,30-34,59H,1-10H3;/q-1;/i11D,12D,13D,15D,16D,25D,26D,33D,34D;. The van der Waals surface area contributed by atoms with Gasteiger partial charge in [-0.1, -0.05) is 151 Å². The van der Waals surface area contributed by atoms with E-state index in [0.717, 1.165) is 33.5 Å². The number of imidazole rings is 1. The molecule has 306 valence electrons. The van der Waals surface area contributed by atoms with Gasteiger partial charge in [0.2, 0.25) is 0 Å². The summed E-state index contributed by atoms with van der Waals surface area (Å²) >= 11 is 0. The molecule has 0 aliphatic rings. The largest absolute Gasteiger partial charge is 0.507 e. The van der Waals surface area contributed by atoms with Crippen molar-refractivity contribution in [1.82, 2.24) is 14.5 Å². The number of hydrogen-bond donors (Lipinski definition) is 1. The fourth-order valence-corrected chi connectivity index (χ4v) is 7.52. The van der Waals surface area contributed by atoms with Gasteiger partial charge in [-0.25, -0.2) is 4.98 Å². The van der Waals surface area contributed by atoms with Crippen LogP contribution in [0.5, 0.6) is 5.75 Å². The van der Waals surface area contributed by atoms with Crippen LogP contribution in [-0.2, 0) is 31.9 Å². The third-order valence-corrected chi connectivity index (χ3v) is 10.9. The number of benzene rings is 6. The maximum Gasteiger partial charge on any atom is 0.148 e. The van der Waals surface area contributed by atoms with Crippen molar-refractivity contribution in [3.63, 3.8) is 0 Å². The molecule has 0 aliphatic carbocycles. The number of aryl methyl sites for hydroxylation is 2. The zero-order chi connectivity index (χ0) is 49.7. The van der Waals surface area contributed by atoms with E-state index in [1.807, 2.05) is 103 Å². The number of aromatic hydroxyl groups is 1. The number of fused-ring (bicyclic) bond motifs is 1. The van der Waals surface area contributed by atoms with Gasteiger partial charge in [0.25, 0.3) is 0 Å². The van der Waals surface area contributed by atoms with Crippen molar-refractivity contribution in [2.45, 2.75) is 86.0 Å². The van der Waals surface area contributed by atoms with Gasteiger partial charge in [0.05, 0.1) is 33.3 Å². The van der Waals surface area contributed by atoms with Crippen molar-refractivity contribution in [1.29, 1.82) is 0 Å². The Morgan fingerprint density at radius 3 is 2.10 bits per heavy atom. The molecular weight excluding hydrogens is 914 g/mol. The molecule has 0 spiro atoms. The summed E-state index contributed by atoms with van der Waals surface area (Å²) in [5.74, 6) is -0.336. The Morgan fingerprint density at radius 1 is 0.717 bits per heavy atom. The molecule has 8 rings (SSSR count). The average molecular weight is 977 g/mol. The topological polar surface area (TPSA) is 50.9 Å². The summed E-state index contributed by atoms with van der Waals surface area (Å²) in [7, 11) is 0. The minimum absolute atomic E-state index is 0. The third-order valence-electron chi connectivity index (χ3n) is 10.9. The Hall–Kier alpha value is -5.57. The molecule has 0 bridgehead atoms. The molecule has 0 saturated carbocycles. The van der Waals surface area contributed by atoms with Crippen molar-refractivity contribution in [2.24, 2.45) is 0 Å². The Balaban J connectivity index is 0.00000703. The summed E-state index contributed by atoms with van der Waals surface area (Å²) in [5, 5.41) is 11.8. The molecule has 4 nitrogen and oxygen atoms in total. The number of hydrogen-bond acceptors (Lipinski definition) is 3. The van der Waals surface area contributed by atoms with Gasteiger partial charge >= 0.3 is 0 Å². The first-order valence-electron chi connectivity index (χ1n) is 24.4. The van der Waals surface area contributed by atoms with Crippen molar-refractivity contribution in [2.75, 3.05) is 0 Å². The molecule has 0 saturated heterocycles. The van der Waals surface area contributed by atoms with Crippen LogP contribution in [-0.4, -0.2) is 19.6 Å². The van der Waals surface area contributed by atoms with E-state index < -0.39 is 53.7 Å². The van der Waals surface area contributed by atoms with E-state index in [2.05, 4.69) is 66.7 Å². The van der Waals surface area contributed by atoms with Gasteiger partial charge in [-0.2, -0.15) is 0 Å². The maximum absolute atomic E-state index is 11.8. The van der Waals surface area contributed by atoms with Gasteiger partial charge in [-0.15, -0.1) is 29.3 Å². The van der Waals surface area contributed by atoms with Gasteiger partial charge in [0, 0.05) is 39.9 Å². The van der Waals surface area contributed by atoms with Crippen LogP contribution in [0, 0.1) is 19.9 Å². The number of pyridine rings is 1. The van der Waals surface area contributed by atoms with Crippen molar-refractivity contribution < 1.29 is 38.5 Å². The smallest absolute Gasteiger partial charge is 0.148 e. The van der Waals surface area contributed by atoms with E-state index >= 15 is 0 Å². The number of nitrogens with zero attached hydrogens (tertiary/aromatic N) is 3. The van der Waals surface area contributed by atoms with Gasteiger partial charge in [0.15, 0.2) is 0 Å². The van der Waals surface area contributed by atoms with Crippen LogP contribution < -0.4 is 0 Å². The second-order valence-corrected chi connectivity index (χ2v) is 17.6. The van der Waals surface area contributed by atoms with E-state index in [0.29, 0.717) is 44.7 Å². The van der Waals surface area contributed by atoms with Gasteiger partial charge in [0.1, 0.15) is 11.6 Å². The first-order valence-corrected chi connectivity index (χ1v) is 19.9. The molecule has 0 aliphatic heterocycles. The summed E-state index contributed by atoms with van der Waals surface area (Å²) in [6.07, 6.45) is -0.531. The van der Waals surface area contributed by atoms with E-state index in [-0.39, 0.29) is 55.1 Å². The minimum atomic E-state index is -0.909. The Bertz CT molecular complexity index is 3330. The van der Waals surface area contributed by atoms with Crippen LogP contribution >= 0.6 is 0 Å². The zero-order valence-electron chi connectivity index (χ0n) is 44.7. The molecule has 1 N–H and O–H groups in total. The maximum atomic E-state index is 11.8. The fraction of sp³-hybridized carbons (Fsp3) is 0.236. The second kappa shape index (κ2) is 16.5. The number of phenols is 1. The second-order valence-electron chi connectivity index (χ2n) is 17.6. The van der Waals surface area contributed by atoms with Crippen molar-refractivity contribution >= 4 is 11.0 Å². The molecule has 0 radical (unpaired) electrons. The van der Waals surface area contributed by atoms with E-state index in [1.54, 1.807) is 0 Å². The third kappa shape index (κ3) is 8.28. The zero-order valence-corrected chi connectivity index (χ0v) is 38.0. The molecule has 0 unspecified atom stereocenters. The first kappa shape index (κ1) is 32.2. The van der Waals surface area contributed by atoms with Crippen molar-refractivity contribution in [3.8, 4) is 67.5 Å². The molecule has 0 amide bonds. The van der Waals surface area contributed by atoms with Crippen LogP contribution in [0.2, 0.25) is 0 Å². The Morgan fingerprint density at radius 2 is 1.42 bits per heavy atom. The number of aromatic nitrogens is 3. The SMILES string of the molecule is [2H]c1nc(-c2[c-]c(-c3cccc4c3nc(-c3cc(C)cc(C)c3O)n4-c3ccc(C([2H])(C)C)cc3-c3ccc(C(C)(C)C)cc3)cc(C(C)(C)C)c2)c([2H])c(-c2c([2H])c([2H])c([2H])c([2H])c2[2H])c1[2H].[Pt]. The summed E-state index contributed by atoms with van der Waals surface area (Å²) < 4.78 is 80.4. The summed E-state index contributed by atoms with van der Waals surface area (Å²) in [5.41, 5.74) is 9.18. The fourth-order valence-electron chi connectivity index (χ4n) is 7.52. The summed E-state index contributed by atoms with van der Waals surface area (Å²) in [6.45, 7) is 20.2. The molecular formula is C55H54N3OPt-. The van der Waals surface area contributed by atoms with Crippen LogP contribution in [0.15, 0.2) is 133 Å². The van der Waals surface area contributed by atoms with Gasteiger partial charge in [-0.3, -0.25) is 9.55 Å². The van der Waals surface area contributed by atoms with Crippen LogP contribution in [0.1, 0.15) is 101 Å². The molecule has 0 atom stereocenters. The van der Waals surface area contributed by atoms with E-state index in [9.17, 15) is 6.48 Å². The molecule has 5 heteroatoms. The quantitative estimate of drug-likeness (QED) is 0.162. The molecule has 8 aromatic rings. The van der Waals surface area contributed by atoms with Crippen LogP contribution in [0.25, 0.3) is 72.7 Å². The monoisotopic (exact) mass is 976 g/mol. The normalized spacial score (nSPS) is 14.2. The summed E-state index contributed by atoms with van der Waals surface area (Å²) in [6, 6.07) is 27.6. The number of para-hydroxylation sites is 1. The van der Waals surface area contributed by atoms with Crippen molar-refractivity contribution in [3.05, 3.63) is 167 Å². The Labute approximate surface area is 383 Å². The van der Waals surface area contributed by atoms with Gasteiger partial charge < -0.3 is 5.11 Å². The number of phenolic OH excluding ortho intramolecular Hbond substituents is 1. The first-order chi connectivity index (χ1) is 31.7. The minimum Gasteiger partial charge on any atom is -0.507 e. The van der Waals surface area contributed by atoms with Crippen LogP contribution in [0.4, 0.5) is 0 Å². The average Bonchev–Trinajstić information content (AvgIpc) is 3.66. The predicted octanol–water partition coefficient (Wildman–Crippen LogP) is 14.6. The Kier molecular flexibility index (Phi) is 8.85. The molecule has 6 aromatic carbocycles.